The van der Waals surface area contributed by atoms with Crippen LogP contribution in [0, 0.1) is 23.7 Å². The summed E-state index contributed by atoms with van der Waals surface area (Å²) in [6, 6.07) is 0. The van der Waals surface area contributed by atoms with Crippen molar-refractivity contribution in [3.63, 3.8) is 0 Å². The maximum absolute atomic E-state index is 2.32. The normalized spacial score (nSPS) is 49.0. The van der Waals surface area contributed by atoms with Crippen LogP contribution in [0.1, 0.15) is 39.5 Å². The van der Waals surface area contributed by atoms with Gasteiger partial charge in [0.25, 0.3) is 0 Å². The van der Waals surface area contributed by atoms with E-state index in [0.717, 1.165) is 23.7 Å². The van der Waals surface area contributed by atoms with E-state index < -0.39 is 0 Å². The average Bonchev–Trinajstić information content (AvgIpc) is 2.36. The third kappa shape index (κ3) is 0.654. The van der Waals surface area contributed by atoms with Gasteiger partial charge in [0.15, 0.2) is 0 Å². The molecule has 0 aromatic carbocycles. The molecule has 2 bridgehead atoms. The lowest BCUT2D eigenvalue weighted by atomic mass is 9.66. The first-order chi connectivity index (χ1) is 5.79. The maximum atomic E-state index is 2.32. The highest BCUT2D eigenvalue weighted by Gasteiger charge is 2.54. The minimum absolute atomic E-state index is 1.04. The van der Waals surface area contributed by atoms with Crippen molar-refractivity contribution in [3.05, 3.63) is 11.1 Å². The van der Waals surface area contributed by atoms with Crippen LogP contribution in [0.25, 0.3) is 0 Å². The van der Waals surface area contributed by atoms with Gasteiger partial charge in [-0.15, -0.1) is 0 Å². The molecule has 3 aliphatic rings. The Morgan fingerprint density at radius 2 is 1.42 bits per heavy atom. The molecule has 0 saturated heterocycles. The Kier molecular flexibility index (Phi) is 1.29. The summed E-state index contributed by atoms with van der Waals surface area (Å²) in [5.74, 6) is 4.35. The molecule has 0 spiro atoms. The molecule has 0 aromatic heterocycles. The van der Waals surface area contributed by atoms with E-state index in [1.54, 1.807) is 18.4 Å². The van der Waals surface area contributed by atoms with Crippen LogP contribution in [0.4, 0.5) is 0 Å². The minimum Gasteiger partial charge on any atom is -0.0767 e. The van der Waals surface area contributed by atoms with Crippen molar-refractivity contribution in [2.75, 3.05) is 0 Å². The smallest absolute Gasteiger partial charge is 0.0166 e. The summed E-state index contributed by atoms with van der Waals surface area (Å²) in [6.07, 6.45) is 6.13. The fourth-order valence-electron chi connectivity index (χ4n) is 4.13. The molecule has 66 valence electrons. The van der Waals surface area contributed by atoms with E-state index in [9.17, 15) is 0 Å². The summed E-state index contributed by atoms with van der Waals surface area (Å²) >= 11 is 0. The zero-order valence-corrected chi connectivity index (χ0v) is 8.14. The molecule has 3 fully saturated rings. The van der Waals surface area contributed by atoms with Crippen LogP contribution in [0.15, 0.2) is 11.1 Å². The zero-order valence-electron chi connectivity index (χ0n) is 8.14. The Balaban J connectivity index is 2.03. The van der Waals surface area contributed by atoms with Gasteiger partial charge < -0.3 is 0 Å². The van der Waals surface area contributed by atoms with E-state index in [1.807, 2.05) is 5.57 Å². The monoisotopic (exact) mass is 162 g/mol. The molecule has 0 amide bonds. The standard InChI is InChI=1S/C12H18/c1-7(2)12-10-5-6-11(12)9-4-3-8(9)10/h8-11H,3-6H2,1-2H3. The van der Waals surface area contributed by atoms with Crippen LogP contribution in [-0.2, 0) is 0 Å². The quantitative estimate of drug-likeness (QED) is 0.479. The van der Waals surface area contributed by atoms with Crippen LogP contribution in [0.2, 0.25) is 0 Å². The zero-order chi connectivity index (χ0) is 8.29. The Bertz CT molecular complexity index is 225. The van der Waals surface area contributed by atoms with E-state index >= 15 is 0 Å². The van der Waals surface area contributed by atoms with Gasteiger partial charge in [0.1, 0.15) is 0 Å². The molecule has 0 heteroatoms. The van der Waals surface area contributed by atoms with Gasteiger partial charge in [-0.2, -0.15) is 0 Å². The van der Waals surface area contributed by atoms with Gasteiger partial charge in [-0.1, -0.05) is 11.1 Å². The van der Waals surface area contributed by atoms with E-state index in [1.165, 1.54) is 12.8 Å². The number of hydrogen-bond acceptors (Lipinski definition) is 0. The molecule has 0 radical (unpaired) electrons. The van der Waals surface area contributed by atoms with Crippen molar-refractivity contribution in [3.8, 4) is 0 Å². The van der Waals surface area contributed by atoms with Crippen LogP contribution in [-0.4, -0.2) is 0 Å². The lowest BCUT2D eigenvalue weighted by Gasteiger charge is -2.39. The maximum Gasteiger partial charge on any atom is -0.0166 e. The second-order valence-electron chi connectivity index (χ2n) is 5.15. The molecule has 4 atom stereocenters. The Hall–Kier alpha value is -0.260. The molecule has 4 unspecified atom stereocenters. The molecule has 0 aliphatic heterocycles. The summed E-state index contributed by atoms with van der Waals surface area (Å²) in [5.41, 5.74) is 3.54. The summed E-state index contributed by atoms with van der Waals surface area (Å²) in [6.45, 7) is 4.65. The van der Waals surface area contributed by atoms with Gasteiger partial charge in [0.05, 0.1) is 0 Å². The SMILES string of the molecule is CC(C)=C1C2CCC1C1CCC21. The van der Waals surface area contributed by atoms with E-state index in [4.69, 9.17) is 0 Å². The van der Waals surface area contributed by atoms with E-state index in [2.05, 4.69) is 13.8 Å². The molecule has 3 rings (SSSR count). The molecular formula is C12H18. The summed E-state index contributed by atoms with van der Waals surface area (Å²) in [5, 5.41) is 0. The van der Waals surface area contributed by atoms with Crippen LogP contribution >= 0.6 is 0 Å². The van der Waals surface area contributed by atoms with Gasteiger partial charge >= 0.3 is 0 Å². The summed E-state index contributed by atoms with van der Waals surface area (Å²) in [7, 11) is 0. The number of fused-ring (bicyclic) bond motifs is 5. The second kappa shape index (κ2) is 2.16. The van der Waals surface area contributed by atoms with E-state index in [0.29, 0.717) is 0 Å². The largest absolute Gasteiger partial charge is 0.0767 e. The van der Waals surface area contributed by atoms with Crippen molar-refractivity contribution in [1.29, 1.82) is 0 Å². The third-order valence-corrected chi connectivity index (χ3v) is 4.58. The Labute approximate surface area is 75.0 Å². The first kappa shape index (κ1) is 7.17. The fourth-order valence-corrected chi connectivity index (χ4v) is 4.13. The van der Waals surface area contributed by atoms with Crippen molar-refractivity contribution in [1.82, 2.24) is 0 Å². The molecule has 12 heavy (non-hydrogen) atoms. The Morgan fingerprint density at radius 1 is 0.917 bits per heavy atom. The van der Waals surface area contributed by atoms with Gasteiger partial charge in [-0.25, -0.2) is 0 Å². The van der Waals surface area contributed by atoms with Gasteiger partial charge in [0.2, 0.25) is 0 Å². The van der Waals surface area contributed by atoms with Crippen molar-refractivity contribution in [2.24, 2.45) is 23.7 Å². The predicted molar refractivity (Wildman–Crippen MR) is 50.8 cm³/mol. The molecule has 3 saturated carbocycles. The van der Waals surface area contributed by atoms with Crippen LogP contribution in [0.3, 0.4) is 0 Å². The second-order valence-corrected chi connectivity index (χ2v) is 5.15. The first-order valence-electron chi connectivity index (χ1n) is 5.46. The predicted octanol–water partition coefficient (Wildman–Crippen LogP) is 3.39. The van der Waals surface area contributed by atoms with Crippen molar-refractivity contribution >= 4 is 0 Å². The van der Waals surface area contributed by atoms with Crippen molar-refractivity contribution < 1.29 is 0 Å². The average molecular weight is 162 g/mol. The van der Waals surface area contributed by atoms with Crippen molar-refractivity contribution in [2.45, 2.75) is 39.5 Å². The lowest BCUT2D eigenvalue weighted by molar-refractivity contribution is 0.103. The molecule has 0 nitrogen and oxygen atoms in total. The number of rotatable bonds is 0. The van der Waals surface area contributed by atoms with Gasteiger partial charge in [-0.3, -0.25) is 0 Å². The first-order valence-corrected chi connectivity index (χ1v) is 5.46. The molecule has 0 N–H and O–H groups in total. The highest BCUT2D eigenvalue weighted by Crippen LogP contribution is 2.64. The molecular weight excluding hydrogens is 144 g/mol. The molecule has 0 aromatic rings. The highest BCUT2D eigenvalue weighted by atomic mass is 14.6. The van der Waals surface area contributed by atoms with E-state index in [-0.39, 0.29) is 0 Å². The Morgan fingerprint density at radius 3 is 1.75 bits per heavy atom. The number of allylic oxidation sites excluding steroid dienone is 2. The van der Waals surface area contributed by atoms with Gasteiger partial charge in [0, 0.05) is 0 Å². The molecule has 0 heterocycles. The third-order valence-electron chi connectivity index (χ3n) is 4.58. The topological polar surface area (TPSA) is 0 Å². The van der Waals surface area contributed by atoms with Crippen LogP contribution < -0.4 is 0 Å². The highest BCUT2D eigenvalue weighted by molar-refractivity contribution is 5.30. The summed E-state index contributed by atoms with van der Waals surface area (Å²) < 4.78 is 0. The van der Waals surface area contributed by atoms with Crippen LogP contribution in [0.5, 0.6) is 0 Å². The number of hydrogen-bond donors (Lipinski definition) is 0. The molecule has 3 aliphatic carbocycles. The minimum atomic E-state index is 1.04. The summed E-state index contributed by atoms with van der Waals surface area (Å²) in [4.78, 5) is 0. The lowest BCUT2D eigenvalue weighted by Crippen LogP contribution is -2.31. The fraction of sp³-hybridized carbons (Fsp3) is 0.833. The van der Waals surface area contributed by atoms with Gasteiger partial charge in [-0.05, 0) is 63.2 Å².